The van der Waals surface area contributed by atoms with Crippen molar-refractivity contribution < 1.29 is 34.8 Å². The summed E-state index contributed by atoms with van der Waals surface area (Å²) in [5, 5.41) is 35.5. The molecule has 0 aliphatic carbocycles. The molecule has 180 valence electrons. The van der Waals surface area contributed by atoms with Gasteiger partial charge in [-0.05, 0) is 38.2 Å². The van der Waals surface area contributed by atoms with Crippen molar-refractivity contribution in [3.63, 3.8) is 0 Å². The van der Waals surface area contributed by atoms with Crippen molar-refractivity contribution in [2.45, 2.75) is 56.9 Å². The Morgan fingerprint density at radius 2 is 1.53 bits per heavy atom. The number of aliphatic imine (C=N–C) groups is 1. The second-order valence-electron chi connectivity index (χ2n) is 7.07. The summed E-state index contributed by atoms with van der Waals surface area (Å²) in [7, 11) is 0. The van der Waals surface area contributed by atoms with E-state index in [1.807, 2.05) is 37.3 Å². The van der Waals surface area contributed by atoms with Crippen LogP contribution in [0.2, 0.25) is 0 Å². The van der Waals surface area contributed by atoms with E-state index in [2.05, 4.69) is 10.3 Å². The number of aliphatic hydroxyl groups is 2. The highest BCUT2D eigenvalue weighted by molar-refractivity contribution is 5.83. The van der Waals surface area contributed by atoms with Gasteiger partial charge in [0.05, 0.1) is 6.04 Å². The van der Waals surface area contributed by atoms with E-state index in [-0.39, 0.29) is 17.9 Å². The quantitative estimate of drug-likeness (QED) is 0.102. The third kappa shape index (κ3) is 13.2. The summed E-state index contributed by atoms with van der Waals surface area (Å²) >= 11 is 0. The molecule has 0 spiro atoms. The molecule has 1 amide bonds. The zero-order valence-corrected chi connectivity index (χ0v) is 17.9. The summed E-state index contributed by atoms with van der Waals surface area (Å²) in [5.41, 5.74) is 17.6. The molecule has 0 aliphatic heterocycles. The van der Waals surface area contributed by atoms with E-state index in [1.165, 1.54) is 5.56 Å². The molecule has 0 saturated heterocycles. The van der Waals surface area contributed by atoms with Gasteiger partial charge in [0.1, 0.15) is 0 Å². The fourth-order valence-corrected chi connectivity index (χ4v) is 2.45. The molecule has 0 saturated carbocycles. The maximum Gasteiger partial charge on any atom is 0.335 e. The van der Waals surface area contributed by atoms with Crippen molar-refractivity contribution >= 4 is 23.8 Å². The molecule has 4 atom stereocenters. The van der Waals surface area contributed by atoms with Crippen LogP contribution in [-0.2, 0) is 20.8 Å². The van der Waals surface area contributed by atoms with Crippen LogP contribution in [0.3, 0.4) is 0 Å². The number of hydrogen-bond donors (Lipinski definition) is 8. The Morgan fingerprint density at radius 1 is 1.00 bits per heavy atom. The number of carboxylic acids is 2. The number of carboxylic acid groups (broad SMARTS) is 2. The molecule has 32 heavy (non-hydrogen) atoms. The molecule has 1 aromatic rings. The van der Waals surface area contributed by atoms with Crippen LogP contribution in [0.25, 0.3) is 0 Å². The van der Waals surface area contributed by atoms with Gasteiger partial charge in [0.15, 0.2) is 18.2 Å². The van der Waals surface area contributed by atoms with Crippen LogP contribution in [0, 0.1) is 0 Å². The Kier molecular flexibility index (Phi) is 14.0. The SMILES string of the molecule is CC(Cc1ccccc1)NC(=O)C(N)CCCCN=C(N)N.O=C(O)C(O)C(O)C(=O)O. The second kappa shape index (κ2) is 15.6. The second-order valence-corrected chi connectivity index (χ2v) is 7.07. The maximum atomic E-state index is 12.0. The Morgan fingerprint density at radius 3 is 2.00 bits per heavy atom. The lowest BCUT2D eigenvalue weighted by atomic mass is 10.1. The summed E-state index contributed by atoms with van der Waals surface area (Å²) in [4.78, 5) is 35.4. The van der Waals surface area contributed by atoms with Gasteiger partial charge >= 0.3 is 11.9 Å². The molecule has 1 rings (SSSR count). The van der Waals surface area contributed by atoms with Gasteiger partial charge in [-0.3, -0.25) is 9.79 Å². The van der Waals surface area contributed by atoms with Crippen molar-refractivity contribution in [1.29, 1.82) is 0 Å². The third-order valence-corrected chi connectivity index (χ3v) is 4.13. The van der Waals surface area contributed by atoms with Crippen LogP contribution in [0.1, 0.15) is 31.7 Å². The summed E-state index contributed by atoms with van der Waals surface area (Å²) in [5.74, 6) is -3.55. The van der Waals surface area contributed by atoms with Gasteiger partial charge in [-0.2, -0.15) is 0 Å². The van der Waals surface area contributed by atoms with Gasteiger partial charge in [-0.25, -0.2) is 9.59 Å². The number of guanidine groups is 1. The highest BCUT2D eigenvalue weighted by Crippen LogP contribution is 2.04. The van der Waals surface area contributed by atoms with E-state index in [0.29, 0.717) is 13.0 Å². The average Bonchev–Trinajstić information content (AvgIpc) is 2.72. The van der Waals surface area contributed by atoms with Gasteiger partial charge in [-0.15, -0.1) is 0 Å². The first-order valence-corrected chi connectivity index (χ1v) is 9.92. The minimum Gasteiger partial charge on any atom is -0.479 e. The third-order valence-electron chi connectivity index (χ3n) is 4.13. The molecule has 1 aromatic carbocycles. The molecule has 0 radical (unpaired) electrons. The number of aliphatic carboxylic acids is 2. The Balaban J connectivity index is 0.000000809. The number of nitrogens with zero attached hydrogens (tertiary/aromatic N) is 1. The number of unbranched alkanes of at least 4 members (excludes halogenated alkanes) is 1. The average molecular weight is 456 g/mol. The number of hydrogen-bond acceptors (Lipinski definition) is 7. The predicted octanol–water partition coefficient (Wildman–Crippen LogP) is -1.62. The van der Waals surface area contributed by atoms with Gasteiger partial charge in [0.2, 0.25) is 5.91 Å². The van der Waals surface area contributed by atoms with Gasteiger partial charge in [0.25, 0.3) is 0 Å². The predicted molar refractivity (Wildman–Crippen MR) is 118 cm³/mol. The lowest BCUT2D eigenvalue weighted by Crippen LogP contribution is -2.45. The number of aliphatic hydroxyl groups excluding tert-OH is 2. The highest BCUT2D eigenvalue weighted by atomic mass is 16.4. The van der Waals surface area contributed by atoms with Crippen molar-refractivity contribution in [3.05, 3.63) is 35.9 Å². The normalized spacial score (nSPS) is 14.0. The molecular formula is C20H33N5O7. The minimum absolute atomic E-state index is 0.0580. The van der Waals surface area contributed by atoms with E-state index in [4.69, 9.17) is 37.6 Å². The number of rotatable bonds is 12. The van der Waals surface area contributed by atoms with Crippen molar-refractivity contribution in [3.8, 4) is 0 Å². The van der Waals surface area contributed by atoms with E-state index >= 15 is 0 Å². The molecule has 0 aliphatic rings. The van der Waals surface area contributed by atoms with Crippen molar-refractivity contribution in [2.24, 2.45) is 22.2 Å². The van der Waals surface area contributed by atoms with Crippen molar-refractivity contribution in [1.82, 2.24) is 5.32 Å². The van der Waals surface area contributed by atoms with Crippen LogP contribution >= 0.6 is 0 Å². The molecule has 0 aromatic heterocycles. The molecular weight excluding hydrogens is 422 g/mol. The van der Waals surface area contributed by atoms with Gasteiger partial charge < -0.3 is 42.9 Å². The summed E-state index contributed by atoms with van der Waals surface area (Å²) < 4.78 is 0. The highest BCUT2D eigenvalue weighted by Gasteiger charge is 2.29. The van der Waals surface area contributed by atoms with Crippen LogP contribution < -0.4 is 22.5 Å². The van der Waals surface area contributed by atoms with E-state index in [9.17, 15) is 14.4 Å². The molecule has 0 heterocycles. The smallest absolute Gasteiger partial charge is 0.335 e. The first-order valence-electron chi connectivity index (χ1n) is 9.92. The van der Waals surface area contributed by atoms with Crippen molar-refractivity contribution in [2.75, 3.05) is 6.54 Å². The number of carbonyl (C=O) groups excluding carboxylic acids is 1. The maximum absolute atomic E-state index is 12.0. The summed E-state index contributed by atoms with van der Waals surface area (Å²) in [6, 6.07) is 9.63. The topological polar surface area (TPSA) is 235 Å². The lowest BCUT2D eigenvalue weighted by molar-refractivity contribution is -0.165. The Hall–Kier alpha value is -3.22. The van der Waals surface area contributed by atoms with E-state index in [1.54, 1.807) is 0 Å². The molecule has 12 nitrogen and oxygen atoms in total. The largest absolute Gasteiger partial charge is 0.479 e. The van der Waals surface area contributed by atoms with E-state index < -0.39 is 30.2 Å². The molecule has 0 fully saturated rings. The number of nitrogens with two attached hydrogens (primary N) is 3. The number of nitrogens with one attached hydrogen (secondary N) is 1. The Labute approximate surface area is 186 Å². The summed E-state index contributed by atoms with van der Waals surface area (Å²) in [6.45, 7) is 2.55. The van der Waals surface area contributed by atoms with Crippen LogP contribution in [0.4, 0.5) is 0 Å². The molecule has 4 unspecified atom stereocenters. The first-order chi connectivity index (χ1) is 15.0. The lowest BCUT2D eigenvalue weighted by Gasteiger charge is -2.17. The van der Waals surface area contributed by atoms with Gasteiger partial charge in [-0.1, -0.05) is 30.3 Å². The van der Waals surface area contributed by atoms with Gasteiger partial charge in [0, 0.05) is 12.6 Å². The minimum atomic E-state index is -2.27. The summed E-state index contributed by atoms with van der Waals surface area (Å²) in [6.07, 6.45) is -1.47. The molecule has 11 N–H and O–H groups in total. The zero-order valence-electron chi connectivity index (χ0n) is 17.9. The van der Waals surface area contributed by atoms with E-state index in [0.717, 1.165) is 19.3 Å². The first kappa shape index (κ1) is 28.8. The Bertz CT molecular complexity index is 723. The van der Waals surface area contributed by atoms with Crippen LogP contribution in [0.15, 0.2) is 35.3 Å². The standard InChI is InChI=1S/C16H27N5O.C4H6O6/c1-12(11-13-7-3-2-4-8-13)21-15(22)14(17)9-5-6-10-20-16(18)19;5-1(3(7)8)2(6)4(9)10/h2-4,7-8,12,14H,5-6,9-11,17H2,1H3,(H,21,22)(H4,18,19,20);1-2,5-6H,(H,7,8)(H,9,10). The number of carbonyl (C=O) groups is 3. The fraction of sp³-hybridized carbons (Fsp3) is 0.500. The van der Waals surface area contributed by atoms with Crippen LogP contribution in [-0.4, -0.2) is 75.1 Å². The number of benzene rings is 1. The van der Waals surface area contributed by atoms with Crippen LogP contribution in [0.5, 0.6) is 0 Å². The number of amides is 1. The zero-order chi connectivity index (χ0) is 24.7. The fourth-order valence-electron chi connectivity index (χ4n) is 2.45. The monoisotopic (exact) mass is 455 g/mol. The molecule has 0 bridgehead atoms. The molecule has 12 heteroatoms.